The fraction of sp³-hybridized carbons (Fsp3) is 0.222. The highest BCUT2D eigenvalue weighted by Gasteiger charge is 2.24. The van der Waals surface area contributed by atoms with E-state index in [-0.39, 0.29) is 17.1 Å². The number of halogens is 1. The summed E-state index contributed by atoms with van der Waals surface area (Å²) < 4.78 is 28.4. The van der Waals surface area contributed by atoms with Crippen LogP contribution in [0.15, 0.2) is 42.5 Å². The molecule has 0 fully saturated rings. The zero-order valence-electron chi connectivity index (χ0n) is 14.0. The molecular weight excluding hydrogens is 329 g/mol. The number of hydrogen-bond acceptors (Lipinski definition) is 5. The van der Waals surface area contributed by atoms with E-state index in [1.54, 1.807) is 18.2 Å². The van der Waals surface area contributed by atoms with Crippen molar-refractivity contribution in [2.24, 2.45) is 0 Å². The van der Waals surface area contributed by atoms with E-state index in [4.69, 9.17) is 14.2 Å². The van der Waals surface area contributed by atoms with E-state index >= 15 is 0 Å². The number of nitrogens with one attached hydrogen (secondary N) is 1. The van der Waals surface area contributed by atoms with Crippen molar-refractivity contribution in [1.29, 1.82) is 0 Å². The van der Waals surface area contributed by atoms with Crippen LogP contribution in [0.1, 0.15) is 17.3 Å². The van der Waals surface area contributed by atoms with Crippen LogP contribution in [0.2, 0.25) is 0 Å². The van der Waals surface area contributed by atoms with Gasteiger partial charge in [0.15, 0.2) is 6.10 Å². The van der Waals surface area contributed by atoms with Crippen molar-refractivity contribution in [2.75, 3.05) is 19.5 Å². The van der Waals surface area contributed by atoms with Gasteiger partial charge in [-0.1, -0.05) is 6.07 Å². The molecule has 0 aliphatic carbocycles. The quantitative estimate of drug-likeness (QED) is 0.813. The molecule has 0 saturated heterocycles. The summed E-state index contributed by atoms with van der Waals surface area (Å²) >= 11 is 0. The Balaban J connectivity index is 2.09. The maximum absolute atomic E-state index is 12.9. The van der Waals surface area contributed by atoms with Gasteiger partial charge in [0, 0.05) is 5.69 Å². The zero-order chi connectivity index (χ0) is 18.4. The molecule has 0 unspecified atom stereocenters. The molecule has 0 heterocycles. The molecule has 0 aromatic heterocycles. The molecule has 0 bridgehead atoms. The predicted octanol–water partition coefficient (Wildman–Crippen LogP) is 3.03. The van der Waals surface area contributed by atoms with Crippen molar-refractivity contribution in [3.8, 4) is 11.5 Å². The maximum Gasteiger partial charge on any atom is 0.346 e. The lowest BCUT2D eigenvalue weighted by Gasteiger charge is -2.16. The first kappa shape index (κ1) is 18.3. The molecule has 7 heteroatoms. The molecule has 0 aliphatic rings. The van der Waals surface area contributed by atoms with E-state index in [2.05, 4.69) is 5.32 Å². The van der Waals surface area contributed by atoms with Crippen LogP contribution in [0, 0.1) is 5.82 Å². The summed E-state index contributed by atoms with van der Waals surface area (Å²) in [5.41, 5.74) is 0.484. The van der Waals surface area contributed by atoms with Gasteiger partial charge in [0.1, 0.15) is 22.9 Å². The van der Waals surface area contributed by atoms with Crippen LogP contribution in [0.3, 0.4) is 0 Å². The minimum atomic E-state index is -1.08. The van der Waals surface area contributed by atoms with Gasteiger partial charge in [-0.25, -0.2) is 9.18 Å². The number of benzene rings is 2. The van der Waals surface area contributed by atoms with Crippen molar-refractivity contribution in [2.45, 2.75) is 13.0 Å². The topological polar surface area (TPSA) is 73.9 Å². The maximum atomic E-state index is 12.9. The number of esters is 1. The first-order valence-electron chi connectivity index (χ1n) is 7.44. The van der Waals surface area contributed by atoms with E-state index in [1.807, 2.05) is 0 Å². The number of amides is 1. The van der Waals surface area contributed by atoms with Gasteiger partial charge in [-0.05, 0) is 43.3 Å². The summed E-state index contributed by atoms with van der Waals surface area (Å²) in [4.78, 5) is 24.5. The SMILES string of the molecule is COc1cccc(OC)c1C(=O)O[C@@H](C)C(=O)Nc1ccc(F)cc1. The highest BCUT2D eigenvalue weighted by molar-refractivity contribution is 5.99. The molecule has 0 saturated carbocycles. The first-order valence-corrected chi connectivity index (χ1v) is 7.44. The average molecular weight is 347 g/mol. The molecule has 0 aliphatic heterocycles. The van der Waals surface area contributed by atoms with E-state index in [0.717, 1.165) is 0 Å². The fourth-order valence-electron chi connectivity index (χ4n) is 2.10. The summed E-state index contributed by atoms with van der Waals surface area (Å²) in [6.07, 6.45) is -1.08. The number of ether oxygens (including phenoxy) is 3. The molecule has 25 heavy (non-hydrogen) atoms. The molecule has 0 spiro atoms. The number of methoxy groups -OCH3 is 2. The van der Waals surface area contributed by atoms with Gasteiger partial charge >= 0.3 is 5.97 Å². The molecular formula is C18H18FNO5. The molecule has 1 N–H and O–H groups in total. The van der Waals surface area contributed by atoms with Gasteiger partial charge in [0.2, 0.25) is 0 Å². The molecule has 2 rings (SSSR count). The van der Waals surface area contributed by atoms with E-state index < -0.39 is 23.8 Å². The van der Waals surface area contributed by atoms with Gasteiger partial charge in [-0.2, -0.15) is 0 Å². The summed E-state index contributed by atoms with van der Waals surface area (Å²) in [5.74, 6) is -1.17. The minimum Gasteiger partial charge on any atom is -0.496 e. The van der Waals surface area contributed by atoms with Crippen molar-refractivity contribution in [3.63, 3.8) is 0 Å². The van der Waals surface area contributed by atoms with Crippen LogP contribution in [-0.4, -0.2) is 32.2 Å². The molecule has 6 nitrogen and oxygen atoms in total. The second-order valence-electron chi connectivity index (χ2n) is 5.08. The molecule has 2 aromatic carbocycles. The van der Waals surface area contributed by atoms with Crippen molar-refractivity contribution in [3.05, 3.63) is 53.8 Å². The lowest BCUT2D eigenvalue weighted by atomic mass is 10.1. The highest BCUT2D eigenvalue weighted by atomic mass is 19.1. The molecule has 132 valence electrons. The van der Waals surface area contributed by atoms with Crippen LogP contribution in [0.4, 0.5) is 10.1 Å². The van der Waals surface area contributed by atoms with Crippen LogP contribution in [0.5, 0.6) is 11.5 Å². The molecule has 1 amide bonds. The molecule has 0 radical (unpaired) electrons. The van der Waals surface area contributed by atoms with E-state index in [1.165, 1.54) is 45.4 Å². The summed E-state index contributed by atoms with van der Waals surface area (Å²) in [7, 11) is 2.83. The van der Waals surface area contributed by atoms with Crippen molar-refractivity contribution in [1.82, 2.24) is 0 Å². The fourth-order valence-corrected chi connectivity index (χ4v) is 2.10. The van der Waals surface area contributed by atoms with Gasteiger partial charge in [0.05, 0.1) is 14.2 Å². The van der Waals surface area contributed by atoms with Gasteiger partial charge in [0.25, 0.3) is 5.91 Å². The number of anilines is 1. The Labute approximate surface area is 144 Å². The predicted molar refractivity (Wildman–Crippen MR) is 89.5 cm³/mol. The van der Waals surface area contributed by atoms with Crippen molar-refractivity contribution >= 4 is 17.6 Å². The van der Waals surface area contributed by atoms with E-state index in [9.17, 15) is 14.0 Å². The Kier molecular flexibility index (Phi) is 5.94. The summed E-state index contributed by atoms with van der Waals surface area (Å²) in [5, 5.41) is 2.54. The van der Waals surface area contributed by atoms with Crippen LogP contribution < -0.4 is 14.8 Å². The lowest BCUT2D eigenvalue weighted by Crippen LogP contribution is -2.30. The Morgan fingerprint density at radius 2 is 1.56 bits per heavy atom. The minimum absolute atomic E-state index is 0.0916. The zero-order valence-corrected chi connectivity index (χ0v) is 14.0. The Morgan fingerprint density at radius 1 is 1.00 bits per heavy atom. The lowest BCUT2D eigenvalue weighted by molar-refractivity contribution is -0.123. The van der Waals surface area contributed by atoms with Crippen LogP contribution in [0.25, 0.3) is 0 Å². The number of carbonyl (C=O) groups is 2. The third-order valence-electron chi connectivity index (χ3n) is 3.40. The van der Waals surface area contributed by atoms with Gasteiger partial charge in [-0.15, -0.1) is 0 Å². The van der Waals surface area contributed by atoms with Crippen molar-refractivity contribution < 1.29 is 28.2 Å². The first-order chi connectivity index (χ1) is 12.0. The standard InChI is InChI=1S/C18H18FNO5/c1-11(17(21)20-13-9-7-12(19)8-10-13)25-18(22)16-14(23-2)5-4-6-15(16)24-3/h4-11H,1-3H3,(H,20,21)/t11-/m0/s1. The Hall–Kier alpha value is -3.09. The van der Waals surface area contributed by atoms with Crippen LogP contribution in [-0.2, 0) is 9.53 Å². The summed E-state index contributed by atoms with van der Waals surface area (Å²) in [6.45, 7) is 1.43. The molecule has 1 atom stereocenters. The largest absolute Gasteiger partial charge is 0.496 e. The van der Waals surface area contributed by atoms with Gasteiger partial charge < -0.3 is 19.5 Å². The third kappa shape index (κ3) is 4.47. The second kappa shape index (κ2) is 8.14. The normalized spacial score (nSPS) is 11.4. The van der Waals surface area contributed by atoms with E-state index in [0.29, 0.717) is 5.69 Å². The van der Waals surface area contributed by atoms with Crippen LogP contribution >= 0.6 is 0 Å². The average Bonchev–Trinajstić information content (AvgIpc) is 2.62. The Bertz CT molecular complexity index is 738. The number of carbonyl (C=O) groups excluding carboxylic acids is 2. The second-order valence-corrected chi connectivity index (χ2v) is 5.08. The smallest absolute Gasteiger partial charge is 0.346 e. The number of hydrogen-bond donors (Lipinski definition) is 1. The Morgan fingerprint density at radius 3 is 2.08 bits per heavy atom. The summed E-state index contributed by atoms with van der Waals surface area (Å²) in [6, 6.07) is 10.1. The monoisotopic (exact) mass is 347 g/mol. The highest BCUT2D eigenvalue weighted by Crippen LogP contribution is 2.29. The molecule has 2 aromatic rings. The number of rotatable bonds is 6. The van der Waals surface area contributed by atoms with Gasteiger partial charge in [-0.3, -0.25) is 4.79 Å². The third-order valence-corrected chi connectivity index (χ3v) is 3.40.